The molecule has 8 heteroatoms. The van der Waals surface area contributed by atoms with E-state index in [1.807, 2.05) is 77.9 Å². The number of rotatable bonds is 11. The van der Waals surface area contributed by atoms with Crippen molar-refractivity contribution in [3.8, 4) is 0 Å². The smallest absolute Gasteiger partial charge is 0.244 e. The minimum absolute atomic E-state index is 0.0321. The molecule has 0 radical (unpaired) electrons. The average molecular weight is 502 g/mol. The first-order valence-electron chi connectivity index (χ1n) is 12.1. The Kier molecular flexibility index (Phi) is 9.89. The Bertz CT molecular complexity index is 1130. The highest BCUT2D eigenvalue weighted by Gasteiger charge is 2.32. The van der Waals surface area contributed by atoms with Crippen LogP contribution >= 0.6 is 0 Å². The zero-order chi connectivity index (χ0) is 26.3. The Labute approximate surface area is 210 Å². The summed E-state index contributed by atoms with van der Waals surface area (Å²) in [7, 11) is -3.75. The average Bonchev–Trinajstić information content (AvgIpc) is 2.79. The molecule has 0 saturated carbocycles. The number of nitrogens with one attached hydrogen (secondary N) is 1. The van der Waals surface area contributed by atoms with Crippen LogP contribution in [0.25, 0.3) is 0 Å². The van der Waals surface area contributed by atoms with Crippen LogP contribution in [-0.4, -0.2) is 50.0 Å². The Morgan fingerprint density at radius 3 is 2.09 bits per heavy atom. The number of aryl methyl sites for hydroxylation is 3. The van der Waals surface area contributed by atoms with Crippen LogP contribution in [0.2, 0.25) is 0 Å². The van der Waals surface area contributed by atoms with Crippen molar-refractivity contribution in [3.05, 3.63) is 64.7 Å². The van der Waals surface area contributed by atoms with E-state index in [0.29, 0.717) is 12.1 Å². The fraction of sp³-hybridized carbons (Fsp3) is 0.481. The molecule has 0 fully saturated rings. The number of hydrogen-bond acceptors (Lipinski definition) is 4. The number of carbonyl (C=O) groups excluding carboxylic acids is 2. The molecule has 0 spiro atoms. The largest absolute Gasteiger partial charge is 0.352 e. The number of hydrogen-bond donors (Lipinski definition) is 1. The molecule has 0 bridgehead atoms. The molecule has 0 heterocycles. The minimum Gasteiger partial charge on any atom is -0.352 e. The van der Waals surface area contributed by atoms with Gasteiger partial charge in [0.2, 0.25) is 21.8 Å². The van der Waals surface area contributed by atoms with Gasteiger partial charge in [-0.1, -0.05) is 55.8 Å². The van der Waals surface area contributed by atoms with E-state index in [4.69, 9.17) is 0 Å². The normalized spacial score (nSPS) is 13.1. The second-order valence-electron chi connectivity index (χ2n) is 9.31. The zero-order valence-corrected chi connectivity index (χ0v) is 22.8. The molecule has 2 aromatic rings. The van der Waals surface area contributed by atoms with Crippen LogP contribution < -0.4 is 9.62 Å². The quantitative estimate of drug-likeness (QED) is 0.502. The van der Waals surface area contributed by atoms with Gasteiger partial charge in [-0.3, -0.25) is 13.9 Å². The van der Waals surface area contributed by atoms with Gasteiger partial charge in [0.15, 0.2) is 0 Å². The number of amides is 2. The molecule has 2 aromatic carbocycles. The third-order valence-corrected chi connectivity index (χ3v) is 7.30. The van der Waals surface area contributed by atoms with Crippen molar-refractivity contribution < 1.29 is 18.0 Å². The van der Waals surface area contributed by atoms with Crippen molar-refractivity contribution in [2.45, 2.75) is 73.0 Å². The van der Waals surface area contributed by atoms with Crippen molar-refractivity contribution in [3.63, 3.8) is 0 Å². The third-order valence-electron chi connectivity index (χ3n) is 6.17. The highest BCUT2D eigenvalue weighted by atomic mass is 32.2. The second-order valence-corrected chi connectivity index (χ2v) is 11.2. The van der Waals surface area contributed by atoms with Crippen LogP contribution in [0.5, 0.6) is 0 Å². The van der Waals surface area contributed by atoms with Gasteiger partial charge in [0.05, 0.1) is 11.9 Å². The lowest BCUT2D eigenvalue weighted by atomic mass is 10.1. The molecule has 0 aliphatic carbocycles. The van der Waals surface area contributed by atoms with Crippen molar-refractivity contribution >= 4 is 27.5 Å². The van der Waals surface area contributed by atoms with Gasteiger partial charge >= 0.3 is 0 Å². The lowest BCUT2D eigenvalue weighted by Crippen LogP contribution is -2.53. The monoisotopic (exact) mass is 501 g/mol. The molecule has 2 atom stereocenters. The second kappa shape index (κ2) is 12.2. The number of carbonyl (C=O) groups is 2. The molecule has 2 amide bonds. The van der Waals surface area contributed by atoms with Gasteiger partial charge in [-0.2, -0.15) is 0 Å². The van der Waals surface area contributed by atoms with E-state index in [-0.39, 0.29) is 25.0 Å². The summed E-state index contributed by atoms with van der Waals surface area (Å²) in [6, 6.07) is 12.5. The van der Waals surface area contributed by atoms with Crippen molar-refractivity contribution in [2.75, 3.05) is 17.1 Å². The van der Waals surface area contributed by atoms with Crippen LogP contribution in [0.15, 0.2) is 42.5 Å². The first-order chi connectivity index (χ1) is 16.4. The first kappa shape index (κ1) is 28.4. The topological polar surface area (TPSA) is 86.8 Å². The molecular formula is C27H39N3O4S. The molecule has 0 aliphatic heterocycles. The predicted octanol–water partition coefficient (Wildman–Crippen LogP) is 4.10. The fourth-order valence-electron chi connectivity index (χ4n) is 3.83. The summed E-state index contributed by atoms with van der Waals surface area (Å²) >= 11 is 0. The summed E-state index contributed by atoms with van der Waals surface area (Å²) in [5.41, 5.74) is 4.07. The molecule has 192 valence electrons. The number of nitrogens with zero attached hydrogens (tertiary/aromatic N) is 2. The maximum absolute atomic E-state index is 13.7. The summed E-state index contributed by atoms with van der Waals surface area (Å²) in [4.78, 5) is 28.4. The Morgan fingerprint density at radius 1 is 0.943 bits per heavy atom. The zero-order valence-electron chi connectivity index (χ0n) is 22.0. The summed E-state index contributed by atoms with van der Waals surface area (Å²) in [5, 5.41) is 2.98. The lowest BCUT2D eigenvalue weighted by Gasteiger charge is -2.33. The van der Waals surface area contributed by atoms with Crippen molar-refractivity contribution in [1.29, 1.82) is 0 Å². The molecular weight excluding hydrogens is 462 g/mol. The van der Waals surface area contributed by atoms with E-state index in [1.54, 1.807) is 6.07 Å². The molecule has 1 N–H and O–H groups in total. The summed E-state index contributed by atoms with van der Waals surface area (Å²) < 4.78 is 26.7. The SMILES string of the molecule is CC[C@@H](C)NC(=O)[C@@H](CC)N(Cc1ccc(C)cc1)C(=O)CN(c1cc(C)ccc1C)S(C)(=O)=O. The first-order valence-corrected chi connectivity index (χ1v) is 13.9. The van der Waals surface area contributed by atoms with Gasteiger partial charge in [0, 0.05) is 12.6 Å². The van der Waals surface area contributed by atoms with Crippen molar-refractivity contribution in [1.82, 2.24) is 10.2 Å². The molecule has 0 unspecified atom stereocenters. The fourth-order valence-corrected chi connectivity index (χ4v) is 4.73. The Hall–Kier alpha value is -2.87. The van der Waals surface area contributed by atoms with E-state index >= 15 is 0 Å². The van der Waals surface area contributed by atoms with Crippen LogP contribution in [0.4, 0.5) is 5.69 Å². The van der Waals surface area contributed by atoms with Gasteiger partial charge in [0.25, 0.3) is 0 Å². The highest BCUT2D eigenvalue weighted by Crippen LogP contribution is 2.25. The molecule has 0 aromatic heterocycles. The predicted molar refractivity (Wildman–Crippen MR) is 142 cm³/mol. The van der Waals surface area contributed by atoms with Crippen LogP contribution in [0.3, 0.4) is 0 Å². The molecule has 0 saturated heterocycles. The summed E-state index contributed by atoms with van der Waals surface area (Å²) in [6.45, 7) is 11.2. The standard InChI is InChI=1S/C27H39N3O4S/c1-8-22(6)28-27(32)24(9-2)29(17-23-14-11-19(3)12-15-23)26(31)18-30(35(7,33)34)25-16-20(4)10-13-21(25)5/h10-16,22,24H,8-9,17-18H2,1-7H3,(H,28,32)/t22-,24-/m1/s1. The lowest BCUT2D eigenvalue weighted by molar-refractivity contribution is -0.140. The molecule has 0 aliphatic rings. The maximum Gasteiger partial charge on any atom is 0.244 e. The van der Waals surface area contributed by atoms with Gasteiger partial charge in [-0.05, 0) is 63.3 Å². The van der Waals surface area contributed by atoms with E-state index in [9.17, 15) is 18.0 Å². The Morgan fingerprint density at radius 2 is 1.54 bits per heavy atom. The van der Waals surface area contributed by atoms with Gasteiger partial charge in [-0.15, -0.1) is 0 Å². The van der Waals surface area contributed by atoms with Crippen LogP contribution in [0, 0.1) is 20.8 Å². The van der Waals surface area contributed by atoms with Gasteiger partial charge < -0.3 is 10.2 Å². The molecule has 2 rings (SSSR count). The van der Waals surface area contributed by atoms with E-state index in [2.05, 4.69) is 5.32 Å². The van der Waals surface area contributed by atoms with E-state index in [1.165, 1.54) is 4.90 Å². The molecule has 7 nitrogen and oxygen atoms in total. The highest BCUT2D eigenvalue weighted by molar-refractivity contribution is 7.92. The number of sulfonamides is 1. The maximum atomic E-state index is 13.7. The minimum atomic E-state index is -3.75. The molecule has 35 heavy (non-hydrogen) atoms. The third kappa shape index (κ3) is 7.82. The Balaban J connectivity index is 2.47. The summed E-state index contributed by atoms with van der Waals surface area (Å²) in [5.74, 6) is -0.664. The van der Waals surface area contributed by atoms with Crippen molar-refractivity contribution in [2.24, 2.45) is 0 Å². The number of benzene rings is 2. The van der Waals surface area contributed by atoms with Crippen LogP contribution in [0.1, 0.15) is 55.9 Å². The van der Waals surface area contributed by atoms with E-state index < -0.39 is 22.0 Å². The van der Waals surface area contributed by atoms with Crippen LogP contribution in [-0.2, 0) is 26.2 Å². The summed E-state index contributed by atoms with van der Waals surface area (Å²) in [6.07, 6.45) is 2.27. The van der Waals surface area contributed by atoms with Gasteiger partial charge in [0.1, 0.15) is 12.6 Å². The van der Waals surface area contributed by atoms with Gasteiger partial charge in [-0.25, -0.2) is 8.42 Å². The van der Waals surface area contributed by atoms with E-state index in [0.717, 1.165) is 39.2 Å². The number of anilines is 1.